The first-order valence-electron chi connectivity index (χ1n) is 8.85. The lowest BCUT2D eigenvalue weighted by Gasteiger charge is -2.20. The minimum Gasteiger partial charge on any atom is -0.335 e. The number of hydrogen-bond donors (Lipinski definition) is 2. The van der Waals surface area contributed by atoms with Gasteiger partial charge in [-0.15, -0.1) is 0 Å². The number of carbonyl (C=O) groups excluding carboxylic acids is 1. The summed E-state index contributed by atoms with van der Waals surface area (Å²) in [5.74, 6) is -0.122. The van der Waals surface area contributed by atoms with Crippen LogP contribution in [-0.2, 0) is 0 Å². The molecular weight excluding hydrogens is 342 g/mol. The number of rotatable bonds is 6. The molecule has 2 aromatic carbocycles. The highest BCUT2D eigenvalue weighted by molar-refractivity contribution is 5.97. The summed E-state index contributed by atoms with van der Waals surface area (Å²) in [5, 5.41) is 0. The molecule has 0 aliphatic rings. The molecule has 0 radical (unpaired) electrons. The highest BCUT2D eigenvalue weighted by atomic mass is 16.2. The zero-order chi connectivity index (χ0) is 19.2. The van der Waals surface area contributed by atoms with Gasteiger partial charge in [0.05, 0.1) is 11.0 Å². The number of benzene rings is 2. The van der Waals surface area contributed by atoms with E-state index >= 15 is 0 Å². The Labute approximate surface area is 156 Å². The highest BCUT2D eigenvalue weighted by Crippen LogP contribution is 2.12. The summed E-state index contributed by atoms with van der Waals surface area (Å²) < 4.78 is 0. The van der Waals surface area contributed by atoms with E-state index in [1.54, 1.807) is 23.1 Å². The van der Waals surface area contributed by atoms with Crippen LogP contribution in [0.25, 0.3) is 17.1 Å². The number of carbonyl (C=O) groups is 1. The standard InChI is InChI=1S/C21H21N3O3/c1-2-12-24(13-6-9-15-7-4-3-5-8-15)21(27)16-10-11-17-18(14-16)23-20(26)19(25)22-17/h3-11,14H,2,12-13H2,1H3,(H,22,25)(H,23,26)/b9-6+. The van der Waals surface area contributed by atoms with Gasteiger partial charge in [0, 0.05) is 18.7 Å². The second-order valence-electron chi connectivity index (χ2n) is 6.23. The smallest absolute Gasteiger partial charge is 0.314 e. The van der Waals surface area contributed by atoms with Gasteiger partial charge < -0.3 is 14.9 Å². The van der Waals surface area contributed by atoms with Gasteiger partial charge in [0.2, 0.25) is 0 Å². The summed E-state index contributed by atoms with van der Waals surface area (Å²) in [4.78, 5) is 42.6. The van der Waals surface area contributed by atoms with Gasteiger partial charge in [-0.05, 0) is 30.2 Å². The van der Waals surface area contributed by atoms with Crippen molar-refractivity contribution in [3.63, 3.8) is 0 Å². The van der Waals surface area contributed by atoms with Crippen molar-refractivity contribution in [3.05, 3.63) is 86.4 Å². The molecule has 0 aliphatic heterocycles. The molecule has 6 heteroatoms. The second-order valence-corrected chi connectivity index (χ2v) is 6.23. The molecule has 138 valence electrons. The van der Waals surface area contributed by atoms with Gasteiger partial charge in [-0.2, -0.15) is 0 Å². The van der Waals surface area contributed by atoms with Crippen LogP contribution in [0.2, 0.25) is 0 Å². The predicted molar refractivity (Wildman–Crippen MR) is 107 cm³/mol. The van der Waals surface area contributed by atoms with Crippen molar-refractivity contribution in [2.75, 3.05) is 13.1 Å². The van der Waals surface area contributed by atoms with E-state index in [0.717, 1.165) is 12.0 Å². The zero-order valence-electron chi connectivity index (χ0n) is 15.1. The normalized spacial score (nSPS) is 11.1. The third-order valence-electron chi connectivity index (χ3n) is 4.19. The van der Waals surface area contributed by atoms with Crippen molar-refractivity contribution < 1.29 is 4.79 Å². The third-order valence-corrected chi connectivity index (χ3v) is 4.19. The minimum absolute atomic E-state index is 0.122. The molecule has 6 nitrogen and oxygen atoms in total. The van der Waals surface area contributed by atoms with Gasteiger partial charge in [-0.3, -0.25) is 14.4 Å². The number of fused-ring (bicyclic) bond motifs is 1. The summed E-state index contributed by atoms with van der Waals surface area (Å²) in [6.07, 6.45) is 4.78. The summed E-state index contributed by atoms with van der Waals surface area (Å²) in [5.41, 5.74) is 1.02. The number of nitrogens with one attached hydrogen (secondary N) is 2. The molecular formula is C21H21N3O3. The molecule has 1 aromatic heterocycles. The monoisotopic (exact) mass is 363 g/mol. The van der Waals surface area contributed by atoms with E-state index in [1.807, 2.05) is 49.4 Å². The van der Waals surface area contributed by atoms with Crippen LogP contribution >= 0.6 is 0 Å². The summed E-state index contributed by atoms with van der Waals surface area (Å²) >= 11 is 0. The van der Waals surface area contributed by atoms with Crippen molar-refractivity contribution in [3.8, 4) is 0 Å². The Balaban J connectivity index is 1.82. The quantitative estimate of drug-likeness (QED) is 0.660. The lowest BCUT2D eigenvalue weighted by atomic mass is 10.1. The first kappa shape index (κ1) is 18.4. The van der Waals surface area contributed by atoms with E-state index in [2.05, 4.69) is 9.97 Å². The van der Waals surface area contributed by atoms with E-state index in [9.17, 15) is 14.4 Å². The first-order valence-corrected chi connectivity index (χ1v) is 8.85. The van der Waals surface area contributed by atoms with Crippen molar-refractivity contribution in [2.45, 2.75) is 13.3 Å². The Hall–Kier alpha value is -3.41. The van der Waals surface area contributed by atoms with E-state index in [1.165, 1.54) is 0 Å². The number of amides is 1. The Bertz CT molecular complexity index is 1080. The average Bonchev–Trinajstić information content (AvgIpc) is 2.68. The molecule has 1 heterocycles. The number of H-pyrrole nitrogens is 2. The molecule has 2 N–H and O–H groups in total. The van der Waals surface area contributed by atoms with Gasteiger partial charge in [-0.25, -0.2) is 0 Å². The van der Waals surface area contributed by atoms with Crippen molar-refractivity contribution in [2.24, 2.45) is 0 Å². The highest BCUT2D eigenvalue weighted by Gasteiger charge is 2.14. The lowest BCUT2D eigenvalue weighted by molar-refractivity contribution is 0.0774. The third kappa shape index (κ3) is 4.41. The van der Waals surface area contributed by atoms with Crippen LogP contribution in [0.4, 0.5) is 0 Å². The molecule has 0 unspecified atom stereocenters. The molecule has 0 saturated carbocycles. The molecule has 27 heavy (non-hydrogen) atoms. The van der Waals surface area contributed by atoms with Gasteiger partial charge in [0.15, 0.2) is 0 Å². The first-order chi connectivity index (χ1) is 13.1. The fraction of sp³-hybridized carbons (Fsp3) is 0.190. The molecule has 0 bridgehead atoms. The average molecular weight is 363 g/mol. The molecule has 3 aromatic rings. The van der Waals surface area contributed by atoms with Crippen LogP contribution in [0.1, 0.15) is 29.3 Å². The van der Waals surface area contributed by atoms with E-state index in [0.29, 0.717) is 29.7 Å². The van der Waals surface area contributed by atoms with Crippen LogP contribution in [0.15, 0.2) is 64.2 Å². The van der Waals surface area contributed by atoms with Crippen molar-refractivity contribution in [1.82, 2.24) is 14.9 Å². The number of aromatic amines is 2. The SMILES string of the molecule is CCCN(C/C=C/c1ccccc1)C(=O)c1ccc2[nH]c(=O)c(=O)[nH]c2c1. The Morgan fingerprint density at radius 3 is 2.41 bits per heavy atom. The van der Waals surface area contributed by atoms with Crippen LogP contribution in [-0.4, -0.2) is 33.9 Å². The van der Waals surface area contributed by atoms with Crippen molar-refractivity contribution in [1.29, 1.82) is 0 Å². The van der Waals surface area contributed by atoms with Gasteiger partial charge >= 0.3 is 11.1 Å². The number of aromatic nitrogens is 2. The van der Waals surface area contributed by atoms with Gasteiger partial charge in [-0.1, -0.05) is 49.4 Å². The minimum atomic E-state index is -0.733. The second kappa shape index (κ2) is 8.31. The molecule has 0 aliphatic carbocycles. The lowest BCUT2D eigenvalue weighted by Crippen LogP contribution is -2.32. The predicted octanol–water partition coefficient (Wildman–Crippen LogP) is 2.78. The Kier molecular flexibility index (Phi) is 5.66. The molecule has 0 fully saturated rings. The van der Waals surface area contributed by atoms with Crippen LogP contribution in [0, 0.1) is 0 Å². The fourth-order valence-electron chi connectivity index (χ4n) is 2.86. The van der Waals surface area contributed by atoms with E-state index in [-0.39, 0.29) is 5.91 Å². The number of nitrogens with zero attached hydrogens (tertiary/aromatic N) is 1. The summed E-state index contributed by atoms with van der Waals surface area (Å²) in [6.45, 7) is 3.13. The maximum Gasteiger partial charge on any atom is 0.314 e. The maximum atomic E-state index is 12.9. The fourth-order valence-corrected chi connectivity index (χ4v) is 2.86. The molecule has 0 spiro atoms. The topological polar surface area (TPSA) is 86.0 Å². The molecule has 0 saturated heterocycles. The van der Waals surface area contributed by atoms with Gasteiger partial charge in [0.1, 0.15) is 0 Å². The maximum absolute atomic E-state index is 12.9. The van der Waals surface area contributed by atoms with E-state index in [4.69, 9.17) is 0 Å². The molecule has 1 amide bonds. The van der Waals surface area contributed by atoms with E-state index < -0.39 is 11.1 Å². The summed E-state index contributed by atoms with van der Waals surface area (Å²) in [6, 6.07) is 14.8. The summed E-state index contributed by atoms with van der Waals surface area (Å²) in [7, 11) is 0. The number of hydrogen-bond acceptors (Lipinski definition) is 3. The molecule has 0 atom stereocenters. The van der Waals surface area contributed by atoms with Crippen molar-refractivity contribution >= 4 is 23.0 Å². The Morgan fingerprint density at radius 1 is 1.00 bits per heavy atom. The van der Waals surface area contributed by atoms with Crippen LogP contribution < -0.4 is 11.1 Å². The Morgan fingerprint density at radius 2 is 1.70 bits per heavy atom. The molecule has 3 rings (SSSR count). The van der Waals surface area contributed by atoms with Gasteiger partial charge in [0.25, 0.3) is 5.91 Å². The zero-order valence-corrected chi connectivity index (χ0v) is 15.1. The van der Waals surface area contributed by atoms with Crippen LogP contribution in [0.5, 0.6) is 0 Å². The van der Waals surface area contributed by atoms with Crippen LogP contribution in [0.3, 0.4) is 0 Å². The largest absolute Gasteiger partial charge is 0.335 e.